The van der Waals surface area contributed by atoms with Crippen LogP contribution in [0.15, 0.2) is 88.7 Å². The number of rotatable bonds is 6. The van der Waals surface area contributed by atoms with Gasteiger partial charge in [-0.25, -0.2) is 4.98 Å². The summed E-state index contributed by atoms with van der Waals surface area (Å²) in [5.74, 6) is 0.425. The number of fused-ring (bicyclic) bond motifs is 1. The summed E-state index contributed by atoms with van der Waals surface area (Å²) in [7, 11) is 0. The van der Waals surface area contributed by atoms with Crippen molar-refractivity contribution in [2.45, 2.75) is 26.4 Å². The van der Waals surface area contributed by atoms with Gasteiger partial charge in [-0.1, -0.05) is 90.7 Å². The first-order valence-electron chi connectivity index (χ1n) is 13.8. The third-order valence-corrected chi connectivity index (χ3v) is 9.08. The molecule has 0 N–H and O–H groups in total. The molecule has 9 heteroatoms. The fourth-order valence-electron chi connectivity index (χ4n) is 5.45. The van der Waals surface area contributed by atoms with Crippen molar-refractivity contribution in [3.05, 3.63) is 117 Å². The van der Waals surface area contributed by atoms with E-state index >= 15 is 0 Å². The molecule has 208 valence electrons. The highest BCUT2D eigenvalue weighted by Gasteiger charge is 2.36. The second kappa shape index (κ2) is 11.6. The Morgan fingerprint density at radius 1 is 0.951 bits per heavy atom. The Hall–Kier alpha value is -3.79. The molecule has 0 unspecified atom stereocenters. The summed E-state index contributed by atoms with van der Waals surface area (Å²) in [5, 5.41) is 0. The van der Waals surface area contributed by atoms with Crippen LogP contribution in [0, 0.1) is 6.92 Å². The molecule has 0 saturated carbocycles. The number of aromatic nitrogens is 2. The Morgan fingerprint density at radius 2 is 1.63 bits per heavy atom. The lowest BCUT2D eigenvalue weighted by atomic mass is 10.1. The van der Waals surface area contributed by atoms with Gasteiger partial charge in [0.2, 0.25) is 0 Å². The number of hydrogen-bond donors (Lipinski definition) is 0. The van der Waals surface area contributed by atoms with Crippen molar-refractivity contribution in [3.63, 3.8) is 0 Å². The minimum absolute atomic E-state index is 0.191. The van der Waals surface area contributed by atoms with Gasteiger partial charge in [0.15, 0.2) is 0 Å². The summed E-state index contributed by atoms with van der Waals surface area (Å²) in [6.45, 7) is 7.97. The number of aryl methyl sites for hydroxylation is 1. The fourth-order valence-corrected chi connectivity index (χ4v) is 6.85. The number of carbonyl (C=O) groups excluding carboxylic acids is 1. The Morgan fingerprint density at radius 3 is 2.34 bits per heavy atom. The Labute approximate surface area is 249 Å². The lowest BCUT2D eigenvalue weighted by Crippen LogP contribution is -2.47. The predicted octanol–water partition coefficient (Wildman–Crippen LogP) is 5.29. The van der Waals surface area contributed by atoms with Gasteiger partial charge in [-0.2, -0.15) is 0 Å². The third kappa shape index (κ3) is 5.45. The number of piperazine rings is 1. The lowest BCUT2D eigenvalue weighted by Gasteiger charge is -2.36. The number of thioether (sulfide) groups is 1. The average Bonchev–Trinajstić information content (AvgIpc) is 3.28. The second-order valence-corrected chi connectivity index (χ2v) is 12.1. The van der Waals surface area contributed by atoms with E-state index < -0.39 is 0 Å². The zero-order chi connectivity index (χ0) is 28.5. The normalized spacial score (nSPS) is 18.0. The number of carbonyl (C=O) groups is 1. The highest BCUT2D eigenvalue weighted by Crippen LogP contribution is 2.38. The van der Waals surface area contributed by atoms with Crippen LogP contribution in [0.4, 0.5) is 5.82 Å². The molecule has 2 saturated heterocycles. The van der Waals surface area contributed by atoms with Gasteiger partial charge in [0.05, 0.1) is 16.5 Å². The maximum Gasteiger partial charge on any atom is 0.267 e. The smallest absolute Gasteiger partial charge is 0.267 e. The predicted molar refractivity (Wildman–Crippen MR) is 170 cm³/mol. The van der Waals surface area contributed by atoms with Gasteiger partial charge >= 0.3 is 0 Å². The molecule has 2 fully saturated rings. The topological polar surface area (TPSA) is 61.2 Å². The molecule has 2 aliphatic heterocycles. The number of nitrogens with zero attached hydrogens (tertiary/aromatic N) is 5. The lowest BCUT2D eigenvalue weighted by molar-refractivity contribution is -0.123. The Kier molecular flexibility index (Phi) is 7.75. The van der Waals surface area contributed by atoms with E-state index in [2.05, 4.69) is 34.1 Å². The molecule has 2 aromatic heterocycles. The molecule has 4 aromatic rings. The maximum absolute atomic E-state index is 13.9. The summed E-state index contributed by atoms with van der Waals surface area (Å²) >= 11 is 6.89. The van der Waals surface area contributed by atoms with E-state index in [4.69, 9.17) is 17.2 Å². The van der Waals surface area contributed by atoms with Crippen LogP contribution in [0.1, 0.15) is 35.2 Å². The SMILES string of the molecule is Cc1cccn2c(=O)c(/C=C3\SC(=S)N([C@@H](C)c4ccccc4)C3=O)c(N3CCN(Cc4ccccc4)CC3)nc12. The van der Waals surface area contributed by atoms with Crippen molar-refractivity contribution >= 4 is 51.7 Å². The molecule has 0 bridgehead atoms. The molecule has 2 aliphatic rings. The first kappa shape index (κ1) is 27.4. The molecule has 4 heterocycles. The Bertz CT molecular complexity index is 1700. The van der Waals surface area contributed by atoms with Crippen molar-refractivity contribution in [1.82, 2.24) is 19.2 Å². The van der Waals surface area contributed by atoms with Gasteiger partial charge < -0.3 is 4.90 Å². The van der Waals surface area contributed by atoms with Gasteiger partial charge in [-0.05, 0) is 42.7 Å². The van der Waals surface area contributed by atoms with Crippen molar-refractivity contribution in [2.24, 2.45) is 0 Å². The van der Waals surface area contributed by atoms with Crippen molar-refractivity contribution in [2.75, 3.05) is 31.1 Å². The molecule has 0 aliphatic carbocycles. The number of benzene rings is 2. The van der Waals surface area contributed by atoms with E-state index in [9.17, 15) is 9.59 Å². The highest BCUT2D eigenvalue weighted by atomic mass is 32.2. The third-order valence-electron chi connectivity index (χ3n) is 7.75. The minimum atomic E-state index is -0.217. The summed E-state index contributed by atoms with van der Waals surface area (Å²) < 4.78 is 2.06. The van der Waals surface area contributed by atoms with Gasteiger partial charge in [0.25, 0.3) is 11.5 Å². The maximum atomic E-state index is 13.9. The summed E-state index contributed by atoms with van der Waals surface area (Å²) in [5.41, 5.74) is 4.05. The first-order valence-corrected chi connectivity index (χ1v) is 15.0. The van der Waals surface area contributed by atoms with Crippen LogP contribution in [-0.4, -0.2) is 55.6 Å². The molecule has 41 heavy (non-hydrogen) atoms. The average molecular weight is 582 g/mol. The van der Waals surface area contributed by atoms with Gasteiger partial charge in [-0.15, -0.1) is 0 Å². The molecular weight excluding hydrogens is 551 g/mol. The molecular formula is C32H31N5O2S2. The van der Waals surface area contributed by atoms with Crippen molar-refractivity contribution in [3.8, 4) is 0 Å². The summed E-state index contributed by atoms with van der Waals surface area (Å²) in [6, 6.07) is 23.9. The number of hydrogen-bond acceptors (Lipinski definition) is 7. The summed E-state index contributed by atoms with van der Waals surface area (Å²) in [6.07, 6.45) is 3.44. The number of thiocarbonyl (C=S) groups is 1. The van der Waals surface area contributed by atoms with E-state index in [0.29, 0.717) is 26.3 Å². The standard InChI is InChI=1S/C32H31N5O2S2/c1-22-10-9-15-36-28(22)33-29(35-18-16-34(17-19-35)21-24-11-5-3-6-12-24)26(30(36)38)20-27-31(39)37(32(40)41-27)23(2)25-13-7-4-8-14-25/h3-15,20,23H,16-19,21H2,1-2H3/b27-20-/t23-/m0/s1. The van der Waals surface area contributed by atoms with E-state index in [-0.39, 0.29) is 17.5 Å². The second-order valence-electron chi connectivity index (χ2n) is 10.4. The molecule has 0 spiro atoms. The largest absolute Gasteiger partial charge is 0.353 e. The van der Waals surface area contributed by atoms with Crippen LogP contribution in [0.3, 0.4) is 0 Å². The van der Waals surface area contributed by atoms with Crippen LogP contribution in [-0.2, 0) is 11.3 Å². The van der Waals surface area contributed by atoms with Gasteiger partial charge in [0, 0.05) is 38.9 Å². The molecule has 7 nitrogen and oxygen atoms in total. The van der Waals surface area contributed by atoms with Gasteiger partial charge in [-0.3, -0.25) is 23.8 Å². The van der Waals surface area contributed by atoms with Crippen molar-refractivity contribution < 1.29 is 4.79 Å². The summed E-state index contributed by atoms with van der Waals surface area (Å²) in [4.78, 5) is 39.3. The van der Waals surface area contributed by atoms with Crippen LogP contribution < -0.4 is 10.5 Å². The fraction of sp³-hybridized carbons (Fsp3) is 0.250. The van der Waals surface area contributed by atoms with Crippen LogP contribution in [0.2, 0.25) is 0 Å². The zero-order valence-electron chi connectivity index (χ0n) is 23.1. The van der Waals surface area contributed by atoms with E-state index in [1.807, 2.05) is 62.4 Å². The van der Waals surface area contributed by atoms with Gasteiger partial charge in [0.1, 0.15) is 15.8 Å². The minimum Gasteiger partial charge on any atom is -0.353 e. The van der Waals surface area contributed by atoms with E-state index in [1.54, 1.807) is 21.6 Å². The number of anilines is 1. The van der Waals surface area contributed by atoms with Crippen molar-refractivity contribution in [1.29, 1.82) is 0 Å². The monoisotopic (exact) mass is 581 g/mol. The molecule has 1 atom stereocenters. The van der Waals surface area contributed by atoms with Crippen LogP contribution in [0.25, 0.3) is 11.7 Å². The van der Waals surface area contributed by atoms with E-state index in [1.165, 1.54) is 17.3 Å². The molecule has 0 radical (unpaired) electrons. The number of amides is 1. The number of pyridine rings is 1. The molecule has 6 rings (SSSR count). The molecule has 2 aromatic carbocycles. The van der Waals surface area contributed by atoms with E-state index in [0.717, 1.165) is 43.9 Å². The Balaban J connectivity index is 1.34. The van der Waals surface area contributed by atoms with Crippen LogP contribution >= 0.6 is 24.0 Å². The van der Waals surface area contributed by atoms with Crippen LogP contribution in [0.5, 0.6) is 0 Å². The zero-order valence-corrected chi connectivity index (χ0v) is 24.7. The quantitative estimate of drug-likeness (QED) is 0.227. The highest BCUT2D eigenvalue weighted by molar-refractivity contribution is 8.26. The first-order chi connectivity index (χ1) is 19.9. The molecule has 1 amide bonds.